The molecular formula is C14H17BrN2S. The molecule has 0 aliphatic rings. The summed E-state index contributed by atoms with van der Waals surface area (Å²) in [5, 5.41) is 1.14. The van der Waals surface area contributed by atoms with Crippen molar-refractivity contribution in [1.29, 1.82) is 0 Å². The summed E-state index contributed by atoms with van der Waals surface area (Å²) in [7, 11) is 0. The van der Waals surface area contributed by atoms with Gasteiger partial charge in [-0.3, -0.25) is 0 Å². The Labute approximate surface area is 120 Å². The van der Waals surface area contributed by atoms with Crippen LogP contribution in [-0.2, 0) is 12.8 Å². The molecule has 96 valence electrons. The van der Waals surface area contributed by atoms with E-state index in [1.807, 2.05) is 12.1 Å². The lowest BCUT2D eigenvalue weighted by Crippen LogP contribution is -2.25. The Balaban J connectivity index is 2.01. The minimum absolute atomic E-state index is 0.119. The van der Waals surface area contributed by atoms with Crippen LogP contribution in [0, 0.1) is 13.8 Å². The van der Waals surface area contributed by atoms with Gasteiger partial charge in [0.05, 0.1) is 10.7 Å². The summed E-state index contributed by atoms with van der Waals surface area (Å²) >= 11 is 5.31. The molecule has 0 radical (unpaired) electrons. The Morgan fingerprint density at radius 2 is 2.00 bits per heavy atom. The number of hydrogen-bond donors (Lipinski definition) is 1. The number of halogens is 1. The van der Waals surface area contributed by atoms with Gasteiger partial charge in [-0.05, 0) is 31.9 Å². The lowest BCUT2D eigenvalue weighted by molar-refractivity contribution is 0.660. The molecule has 2 N–H and O–H groups in total. The average Bonchev–Trinajstić information content (AvgIpc) is 2.61. The molecule has 0 aliphatic carbocycles. The van der Waals surface area contributed by atoms with Crippen LogP contribution < -0.4 is 5.73 Å². The van der Waals surface area contributed by atoms with Gasteiger partial charge in [0.2, 0.25) is 0 Å². The standard InChI is InChI=1S/C14H17BrN2S/c1-9-10(2)18-14(17-9)8-12(16)7-11-5-3-4-6-13(11)15/h3-6,12H,7-8,16H2,1-2H3. The molecule has 1 aromatic carbocycles. The van der Waals surface area contributed by atoms with Crippen LogP contribution in [0.15, 0.2) is 28.7 Å². The quantitative estimate of drug-likeness (QED) is 0.932. The summed E-state index contributed by atoms with van der Waals surface area (Å²) in [4.78, 5) is 5.83. The highest BCUT2D eigenvalue weighted by atomic mass is 79.9. The summed E-state index contributed by atoms with van der Waals surface area (Å²) in [6.07, 6.45) is 1.72. The third-order valence-corrected chi connectivity index (χ3v) is 4.82. The van der Waals surface area contributed by atoms with Crippen molar-refractivity contribution in [2.24, 2.45) is 5.73 Å². The number of rotatable bonds is 4. The lowest BCUT2D eigenvalue weighted by Gasteiger charge is -2.11. The molecule has 2 aromatic rings. The van der Waals surface area contributed by atoms with Crippen LogP contribution in [0.4, 0.5) is 0 Å². The Morgan fingerprint density at radius 3 is 2.61 bits per heavy atom. The number of thiazole rings is 1. The SMILES string of the molecule is Cc1nc(CC(N)Cc2ccccc2Br)sc1C. The summed E-state index contributed by atoms with van der Waals surface area (Å²) in [5.41, 5.74) is 8.60. The monoisotopic (exact) mass is 324 g/mol. The second-order valence-electron chi connectivity index (χ2n) is 4.51. The molecule has 0 fully saturated rings. The predicted octanol–water partition coefficient (Wildman–Crippen LogP) is 3.63. The fourth-order valence-electron chi connectivity index (χ4n) is 1.87. The molecule has 0 spiro atoms. The van der Waals surface area contributed by atoms with Crippen LogP contribution in [0.3, 0.4) is 0 Å². The van der Waals surface area contributed by atoms with E-state index in [0.29, 0.717) is 0 Å². The molecule has 4 heteroatoms. The molecule has 0 aliphatic heterocycles. The third kappa shape index (κ3) is 3.40. The lowest BCUT2D eigenvalue weighted by atomic mass is 10.0. The number of nitrogens with two attached hydrogens (primary N) is 1. The molecule has 1 unspecified atom stereocenters. The maximum Gasteiger partial charge on any atom is 0.0946 e. The van der Waals surface area contributed by atoms with Gasteiger partial charge in [-0.2, -0.15) is 0 Å². The summed E-state index contributed by atoms with van der Waals surface area (Å²) in [5.74, 6) is 0. The van der Waals surface area contributed by atoms with E-state index >= 15 is 0 Å². The van der Waals surface area contributed by atoms with Crippen molar-refractivity contribution < 1.29 is 0 Å². The number of nitrogens with zero attached hydrogens (tertiary/aromatic N) is 1. The van der Waals surface area contributed by atoms with Gasteiger partial charge < -0.3 is 5.73 Å². The highest BCUT2D eigenvalue weighted by molar-refractivity contribution is 9.10. The van der Waals surface area contributed by atoms with Crippen molar-refractivity contribution in [3.63, 3.8) is 0 Å². The second-order valence-corrected chi connectivity index (χ2v) is 6.65. The highest BCUT2D eigenvalue weighted by Gasteiger charge is 2.11. The van der Waals surface area contributed by atoms with Gasteiger partial charge in [-0.25, -0.2) is 4.98 Å². The first kappa shape index (κ1) is 13.7. The van der Waals surface area contributed by atoms with Crippen molar-refractivity contribution in [2.75, 3.05) is 0 Å². The van der Waals surface area contributed by atoms with Crippen molar-refractivity contribution in [3.8, 4) is 0 Å². The van der Waals surface area contributed by atoms with E-state index < -0.39 is 0 Å². The molecule has 0 saturated heterocycles. The van der Waals surface area contributed by atoms with Crippen LogP contribution in [0.1, 0.15) is 21.1 Å². The molecular weight excluding hydrogens is 308 g/mol. The van der Waals surface area contributed by atoms with Gasteiger partial charge in [0, 0.05) is 21.8 Å². The van der Waals surface area contributed by atoms with E-state index in [4.69, 9.17) is 5.73 Å². The van der Waals surface area contributed by atoms with Crippen molar-refractivity contribution >= 4 is 27.3 Å². The van der Waals surface area contributed by atoms with Gasteiger partial charge in [0.1, 0.15) is 0 Å². The van der Waals surface area contributed by atoms with E-state index in [1.54, 1.807) is 11.3 Å². The number of hydrogen-bond acceptors (Lipinski definition) is 3. The van der Waals surface area contributed by atoms with Crippen LogP contribution in [0.5, 0.6) is 0 Å². The van der Waals surface area contributed by atoms with E-state index in [-0.39, 0.29) is 6.04 Å². The van der Waals surface area contributed by atoms with Crippen molar-refractivity contribution in [3.05, 3.63) is 49.9 Å². The first-order valence-corrected chi connectivity index (χ1v) is 7.59. The van der Waals surface area contributed by atoms with Crippen LogP contribution in [-0.4, -0.2) is 11.0 Å². The molecule has 0 saturated carbocycles. The molecule has 2 rings (SSSR count). The maximum atomic E-state index is 6.21. The molecule has 1 atom stereocenters. The Morgan fingerprint density at radius 1 is 1.28 bits per heavy atom. The van der Waals surface area contributed by atoms with Gasteiger partial charge in [-0.15, -0.1) is 11.3 Å². The predicted molar refractivity (Wildman–Crippen MR) is 81.1 cm³/mol. The fraction of sp³-hybridized carbons (Fsp3) is 0.357. The largest absolute Gasteiger partial charge is 0.327 e. The maximum absolute atomic E-state index is 6.21. The Hall–Kier alpha value is -0.710. The van der Waals surface area contributed by atoms with E-state index in [2.05, 4.69) is 46.9 Å². The Kier molecular flexibility index (Phi) is 4.54. The van der Waals surface area contributed by atoms with E-state index in [9.17, 15) is 0 Å². The fourth-order valence-corrected chi connectivity index (χ4v) is 3.34. The third-order valence-electron chi connectivity index (χ3n) is 2.95. The first-order valence-electron chi connectivity index (χ1n) is 5.98. The number of benzene rings is 1. The van der Waals surface area contributed by atoms with E-state index in [0.717, 1.165) is 28.0 Å². The summed E-state index contributed by atoms with van der Waals surface area (Å²) in [6, 6.07) is 8.35. The Bertz CT molecular complexity index is 517. The van der Waals surface area contributed by atoms with E-state index in [1.165, 1.54) is 10.4 Å². The minimum atomic E-state index is 0.119. The van der Waals surface area contributed by atoms with Gasteiger partial charge in [0.25, 0.3) is 0 Å². The van der Waals surface area contributed by atoms with Gasteiger partial charge in [-0.1, -0.05) is 34.1 Å². The normalized spacial score (nSPS) is 12.7. The van der Waals surface area contributed by atoms with Gasteiger partial charge >= 0.3 is 0 Å². The molecule has 0 bridgehead atoms. The van der Waals surface area contributed by atoms with Crippen molar-refractivity contribution in [2.45, 2.75) is 32.7 Å². The van der Waals surface area contributed by atoms with Crippen molar-refractivity contribution in [1.82, 2.24) is 4.98 Å². The zero-order valence-electron chi connectivity index (χ0n) is 10.6. The molecule has 1 heterocycles. The number of aromatic nitrogens is 1. The highest BCUT2D eigenvalue weighted by Crippen LogP contribution is 2.20. The molecule has 18 heavy (non-hydrogen) atoms. The topological polar surface area (TPSA) is 38.9 Å². The molecule has 2 nitrogen and oxygen atoms in total. The summed E-state index contributed by atoms with van der Waals surface area (Å²) in [6.45, 7) is 4.16. The summed E-state index contributed by atoms with van der Waals surface area (Å²) < 4.78 is 1.13. The zero-order valence-corrected chi connectivity index (χ0v) is 13.0. The van der Waals surface area contributed by atoms with Gasteiger partial charge in [0.15, 0.2) is 0 Å². The molecule has 0 amide bonds. The first-order chi connectivity index (χ1) is 8.56. The second kappa shape index (κ2) is 5.95. The van der Waals surface area contributed by atoms with Crippen LogP contribution in [0.25, 0.3) is 0 Å². The zero-order chi connectivity index (χ0) is 13.1. The van der Waals surface area contributed by atoms with Crippen LogP contribution in [0.2, 0.25) is 0 Å². The van der Waals surface area contributed by atoms with Crippen LogP contribution >= 0.6 is 27.3 Å². The average molecular weight is 325 g/mol. The smallest absolute Gasteiger partial charge is 0.0946 e. The molecule has 1 aromatic heterocycles. The minimum Gasteiger partial charge on any atom is -0.327 e. The number of aryl methyl sites for hydroxylation is 2.